The van der Waals surface area contributed by atoms with Crippen molar-refractivity contribution in [2.45, 2.75) is 57.7 Å². The van der Waals surface area contributed by atoms with E-state index in [1.807, 2.05) is 6.92 Å². The molecule has 1 aliphatic carbocycles. The minimum atomic E-state index is -3.97. The van der Waals surface area contributed by atoms with Crippen LogP contribution < -0.4 is 9.62 Å². The number of nitrogens with zero attached hydrogens (tertiary/aromatic N) is 2. The molecule has 1 saturated carbocycles. The van der Waals surface area contributed by atoms with Crippen LogP contribution in [0.25, 0.3) is 0 Å². The van der Waals surface area contributed by atoms with Crippen LogP contribution >= 0.6 is 46.4 Å². The molecule has 0 radical (unpaired) electrons. The van der Waals surface area contributed by atoms with Crippen LogP contribution in [0.3, 0.4) is 0 Å². The molecule has 0 heterocycles. The molecule has 0 saturated heterocycles. The fraction of sp³-hybridized carbons (Fsp3) is 0.440. The second-order valence-electron chi connectivity index (χ2n) is 9.05. The highest BCUT2D eigenvalue weighted by Gasteiger charge is 2.33. The summed E-state index contributed by atoms with van der Waals surface area (Å²) in [5.74, 6) is -0.842. The minimum Gasteiger partial charge on any atom is -0.352 e. The monoisotopic (exact) mass is 607 g/mol. The maximum atomic E-state index is 13.8. The second-order valence-corrected chi connectivity index (χ2v) is 12.6. The third-order valence-electron chi connectivity index (χ3n) is 6.29. The van der Waals surface area contributed by atoms with Crippen LogP contribution in [-0.4, -0.2) is 50.0 Å². The molecule has 1 unspecified atom stereocenters. The summed E-state index contributed by atoms with van der Waals surface area (Å²) in [5.41, 5.74) is 0.755. The first kappa shape index (κ1) is 29.8. The zero-order chi connectivity index (χ0) is 27.3. The van der Waals surface area contributed by atoms with Gasteiger partial charge in [-0.25, -0.2) is 8.42 Å². The number of benzene rings is 2. The Morgan fingerprint density at radius 1 is 1.00 bits per heavy atom. The topological polar surface area (TPSA) is 86.8 Å². The van der Waals surface area contributed by atoms with Crippen LogP contribution in [0.5, 0.6) is 0 Å². The van der Waals surface area contributed by atoms with Crippen molar-refractivity contribution in [1.29, 1.82) is 0 Å². The molecule has 2 aromatic carbocycles. The summed E-state index contributed by atoms with van der Waals surface area (Å²) in [6, 6.07) is 8.77. The van der Waals surface area contributed by atoms with Gasteiger partial charge in [0.05, 0.1) is 27.0 Å². The molecule has 1 fully saturated rings. The van der Waals surface area contributed by atoms with E-state index in [0.717, 1.165) is 41.8 Å². The van der Waals surface area contributed by atoms with Gasteiger partial charge in [-0.2, -0.15) is 0 Å². The quantitative estimate of drug-likeness (QED) is 0.339. The Labute approximate surface area is 238 Å². The van der Waals surface area contributed by atoms with Gasteiger partial charge in [0.15, 0.2) is 0 Å². The molecule has 2 aromatic rings. The zero-order valence-electron chi connectivity index (χ0n) is 20.5. The van der Waals surface area contributed by atoms with E-state index in [4.69, 9.17) is 46.4 Å². The third-order valence-corrected chi connectivity index (χ3v) is 8.69. The van der Waals surface area contributed by atoms with E-state index in [-0.39, 0.29) is 39.2 Å². The second kappa shape index (κ2) is 12.9. The molecule has 0 aromatic heterocycles. The number of nitrogens with one attached hydrogen (secondary N) is 1. The van der Waals surface area contributed by atoms with E-state index in [1.165, 1.54) is 17.0 Å². The molecule has 1 N–H and O–H groups in total. The average Bonchev–Trinajstić information content (AvgIpc) is 3.33. The lowest BCUT2D eigenvalue weighted by Gasteiger charge is -2.33. The Kier molecular flexibility index (Phi) is 10.4. The maximum Gasteiger partial charge on any atom is 0.244 e. The predicted octanol–water partition coefficient (Wildman–Crippen LogP) is 5.93. The van der Waals surface area contributed by atoms with Gasteiger partial charge in [0.2, 0.25) is 21.8 Å². The maximum absolute atomic E-state index is 13.8. The summed E-state index contributed by atoms with van der Waals surface area (Å²) in [7, 11) is -3.97. The van der Waals surface area contributed by atoms with Crippen molar-refractivity contribution in [1.82, 2.24) is 10.2 Å². The van der Waals surface area contributed by atoms with Crippen molar-refractivity contribution in [3.63, 3.8) is 0 Å². The molecule has 202 valence electrons. The Balaban J connectivity index is 1.96. The Morgan fingerprint density at radius 2 is 1.59 bits per heavy atom. The molecule has 2 amide bonds. The zero-order valence-corrected chi connectivity index (χ0v) is 24.4. The van der Waals surface area contributed by atoms with Crippen LogP contribution in [0.2, 0.25) is 20.1 Å². The lowest BCUT2D eigenvalue weighted by Crippen LogP contribution is -2.53. The van der Waals surface area contributed by atoms with Gasteiger partial charge in [-0.1, -0.05) is 78.3 Å². The lowest BCUT2D eigenvalue weighted by atomic mass is 10.1. The van der Waals surface area contributed by atoms with E-state index in [2.05, 4.69) is 5.32 Å². The van der Waals surface area contributed by atoms with Crippen LogP contribution in [0, 0.1) is 0 Å². The van der Waals surface area contributed by atoms with E-state index in [1.54, 1.807) is 24.3 Å². The number of anilines is 1. The number of amides is 2. The smallest absolute Gasteiger partial charge is 0.244 e. The van der Waals surface area contributed by atoms with E-state index >= 15 is 0 Å². The molecule has 37 heavy (non-hydrogen) atoms. The summed E-state index contributed by atoms with van der Waals surface area (Å²) in [5, 5.41) is 3.84. The molecular weight excluding hydrogens is 580 g/mol. The number of hydrogen-bond acceptors (Lipinski definition) is 4. The van der Waals surface area contributed by atoms with Crippen molar-refractivity contribution >= 4 is 73.9 Å². The Hall–Kier alpha value is -1.71. The summed E-state index contributed by atoms with van der Waals surface area (Å²) in [6.45, 7) is 1.31. The van der Waals surface area contributed by atoms with Gasteiger partial charge < -0.3 is 10.2 Å². The van der Waals surface area contributed by atoms with Gasteiger partial charge >= 0.3 is 0 Å². The standard InChI is InChI=1S/C25H29Cl4N3O4S/c1-3-22(25(34)30-18-6-4-5-7-18)31(14-16-8-10-17(26)11-9-16)24(33)15-32(37(2,35)36)23-13-20(28)19(27)12-21(23)29/h8-13,18,22H,3-7,14-15H2,1-2H3,(H,30,34). The SMILES string of the molecule is CCC(C(=O)NC1CCCC1)N(Cc1ccc(Cl)cc1)C(=O)CN(c1cc(Cl)c(Cl)cc1Cl)S(C)(=O)=O. The van der Waals surface area contributed by atoms with E-state index < -0.39 is 28.5 Å². The highest BCUT2D eigenvalue weighted by Crippen LogP contribution is 2.35. The minimum absolute atomic E-state index is 0.0156. The van der Waals surface area contributed by atoms with Crippen LogP contribution in [-0.2, 0) is 26.2 Å². The first-order chi connectivity index (χ1) is 17.4. The number of carbonyl (C=O) groups is 2. The first-order valence-corrected chi connectivity index (χ1v) is 15.2. The normalized spacial score (nSPS) is 14.9. The Bertz CT molecular complexity index is 1240. The highest BCUT2D eigenvalue weighted by atomic mass is 35.5. The van der Waals surface area contributed by atoms with Crippen molar-refractivity contribution < 1.29 is 18.0 Å². The number of sulfonamides is 1. The average molecular weight is 609 g/mol. The molecule has 0 spiro atoms. The van der Waals surface area contributed by atoms with Gasteiger partial charge in [0.1, 0.15) is 12.6 Å². The number of carbonyl (C=O) groups excluding carboxylic acids is 2. The fourth-order valence-electron chi connectivity index (χ4n) is 4.37. The molecule has 1 atom stereocenters. The van der Waals surface area contributed by atoms with Gasteiger partial charge in [-0.05, 0) is 49.1 Å². The van der Waals surface area contributed by atoms with Crippen LogP contribution in [0.15, 0.2) is 36.4 Å². The van der Waals surface area contributed by atoms with Gasteiger partial charge in [0, 0.05) is 17.6 Å². The molecule has 0 bridgehead atoms. The summed E-state index contributed by atoms with van der Waals surface area (Å²) in [4.78, 5) is 28.5. The highest BCUT2D eigenvalue weighted by molar-refractivity contribution is 7.92. The van der Waals surface area contributed by atoms with E-state index in [9.17, 15) is 18.0 Å². The molecule has 7 nitrogen and oxygen atoms in total. The number of hydrogen-bond donors (Lipinski definition) is 1. The van der Waals surface area contributed by atoms with Gasteiger partial charge in [-0.15, -0.1) is 0 Å². The largest absolute Gasteiger partial charge is 0.352 e. The molecule has 0 aliphatic heterocycles. The molecule has 1 aliphatic rings. The predicted molar refractivity (Wildman–Crippen MR) is 150 cm³/mol. The molecule has 12 heteroatoms. The van der Waals surface area contributed by atoms with E-state index in [0.29, 0.717) is 11.4 Å². The third kappa shape index (κ3) is 7.90. The van der Waals surface area contributed by atoms with Gasteiger partial charge in [0.25, 0.3) is 0 Å². The summed E-state index contributed by atoms with van der Waals surface area (Å²) in [6.07, 6.45) is 5.18. The van der Waals surface area contributed by atoms with Crippen molar-refractivity contribution in [2.75, 3.05) is 17.1 Å². The Morgan fingerprint density at radius 3 is 2.16 bits per heavy atom. The number of halogens is 4. The van der Waals surface area contributed by atoms with Crippen LogP contribution in [0.4, 0.5) is 5.69 Å². The van der Waals surface area contributed by atoms with Crippen molar-refractivity contribution in [2.24, 2.45) is 0 Å². The van der Waals surface area contributed by atoms with Crippen molar-refractivity contribution in [3.8, 4) is 0 Å². The summed E-state index contributed by atoms with van der Waals surface area (Å²) < 4.78 is 26.4. The van der Waals surface area contributed by atoms with Gasteiger partial charge in [-0.3, -0.25) is 13.9 Å². The number of rotatable bonds is 10. The lowest BCUT2D eigenvalue weighted by molar-refractivity contribution is -0.140. The molecule has 3 rings (SSSR count). The van der Waals surface area contributed by atoms with Crippen LogP contribution in [0.1, 0.15) is 44.6 Å². The summed E-state index contributed by atoms with van der Waals surface area (Å²) >= 11 is 24.5. The fourth-order valence-corrected chi connectivity index (χ4v) is 6.04. The van der Waals surface area contributed by atoms with Crippen molar-refractivity contribution in [3.05, 3.63) is 62.1 Å². The first-order valence-electron chi connectivity index (χ1n) is 11.9. The molecular formula is C25H29Cl4N3O4S.